The van der Waals surface area contributed by atoms with Gasteiger partial charge in [0.1, 0.15) is 10.6 Å². The van der Waals surface area contributed by atoms with Gasteiger partial charge in [0.25, 0.3) is 0 Å². The van der Waals surface area contributed by atoms with Crippen molar-refractivity contribution in [1.29, 1.82) is 0 Å². The van der Waals surface area contributed by atoms with Gasteiger partial charge in [-0.3, -0.25) is 0 Å². The Bertz CT molecular complexity index is 561. The third-order valence-electron chi connectivity index (χ3n) is 2.61. The van der Waals surface area contributed by atoms with Crippen LogP contribution in [0.5, 0.6) is 0 Å². The van der Waals surface area contributed by atoms with Gasteiger partial charge in [0, 0.05) is 15.8 Å². The van der Waals surface area contributed by atoms with Crippen molar-refractivity contribution in [2.24, 2.45) is 0 Å². The maximum atomic E-state index is 11.7. The van der Waals surface area contributed by atoms with Crippen molar-refractivity contribution in [3.63, 3.8) is 0 Å². The fraction of sp³-hybridized carbons (Fsp3) is 0.154. The second kappa shape index (κ2) is 5.46. The number of nitrogens with two attached hydrogens (primary N) is 1. The molecule has 1 aromatic carbocycles. The molecule has 3 nitrogen and oxygen atoms in total. The van der Waals surface area contributed by atoms with E-state index in [-0.39, 0.29) is 0 Å². The van der Waals surface area contributed by atoms with E-state index in [1.54, 1.807) is 11.8 Å². The number of carbonyl (C=O) groups excluding carboxylic acids is 1. The highest BCUT2D eigenvalue weighted by Gasteiger charge is 2.18. The molecule has 0 spiro atoms. The zero-order chi connectivity index (χ0) is 13.1. The number of rotatable bonds is 3. The van der Waals surface area contributed by atoms with E-state index in [1.165, 1.54) is 23.3 Å². The van der Waals surface area contributed by atoms with Crippen LogP contribution in [0.1, 0.15) is 10.4 Å². The van der Waals surface area contributed by atoms with Crippen LogP contribution in [0.2, 0.25) is 0 Å². The Morgan fingerprint density at radius 3 is 2.56 bits per heavy atom. The van der Waals surface area contributed by atoms with E-state index >= 15 is 0 Å². The largest absolute Gasteiger partial charge is 0.465 e. The van der Waals surface area contributed by atoms with E-state index in [0.717, 1.165) is 11.1 Å². The summed E-state index contributed by atoms with van der Waals surface area (Å²) >= 11 is 3.03. The van der Waals surface area contributed by atoms with Crippen LogP contribution in [-0.2, 0) is 4.74 Å². The Labute approximate surface area is 114 Å². The quantitative estimate of drug-likeness (QED) is 0.690. The molecule has 0 bridgehead atoms. The van der Waals surface area contributed by atoms with Crippen LogP contribution < -0.4 is 5.73 Å². The molecule has 0 fully saturated rings. The van der Waals surface area contributed by atoms with Gasteiger partial charge in [0.05, 0.1) is 7.11 Å². The molecule has 0 aliphatic rings. The van der Waals surface area contributed by atoms with Crippen LogP contribution in [0.4, 0.5) is 5.00 Å². The van der Waals surface area contributed by atoms with Crippen molar-refractivity contribution in [2.75, 3.05) is 19.1 Å². The van der Waals surface area contributed by atoms with Gasteiger partial charge in [-0.2, -0.15) is 0 Å². The van der Waals surface area contributed by atoms with Gasteiger partial charge >= 0.3 is 5.97 Å². The molecule has 0 aliphatic carbocycles. The molecule has 0 radical (unpaired) electrons. The minimum absolute atomic E-state index is 0.391. The molecule has 1 aromatic heterocycles. The van der Waals surface area contributed by atoms with Gasteiger partial charge in [-0.25, -0.2) is 4.79 Å². The number of anilines is 1. The first kappa shape index (κ1) is 13.0. The second-order valence-corrected chi connectivity index (χ2v) is 5.40. The van der Waals surface area contributed by atoms with Gasteiger partial charge < -0.3 is 10.5 Å². The Morgan fingerprint density at radius 1 is 1.33 bits per heavy atom. The van der Waals surface area contributed by atoms with Crippen LogP contribution in [0, 0.1) is 0 Å². The Hall–Kier alpha value is -1.46. The van der Waals surface area contributed by atoms with E-state index in [2.05, 4.69) is 0 Å². The lowest BCUT2D eigenvalue weighted by atomic mass is 10.0. The van der Waals surface area contributed by atoms with E-state index < -0.39 is 5.97 Å². The predicted molar refractivity (Wildman–Crippen MR) is 77.3 cm³/mol. The molecule has 2 aromatic rings. The number of hydrogen-bond donors (Lipinski definition) is 1. The standard InChI is InChI=1S/C13H13NO2S2/c1-16-13(15)11-10(7-18-12(11)14)8-3-5-9(17-2)6-4-8/h3-7H,14H2,1-2H3. The van der Waals surface area contributed by atoms with E-state index in [1.807, 2.05) is 35.9 Å². The molecule has 2 N–H and O–H groups in total. The monoisotopic (exact) mass is 279 g/mol. The van der Waals surface area contributed by atoms with Gasteiger partial charge in [-0.15, -0.1) is 23.1 Å². The second-order valence-electron chi connectivity index (χ2n) is 3.61. The summed E-state index contributed by atoms with van der Waals surface area (Å²) in [7, 11) is 1.36. The smallest absolute Gasteiger partial charge is 0.341 e. The molecule has 0 saturated carbocycles. The molecule has 94 valence electrons. The van der Waals surface area contributed by atoms with Crippen LogP contribution in [0.3, 0.4) is 0 Å². The lowest BCUT2D eigenvalue weighted by molar-refractivity contribution is 0.0603. The fourth-order valence-corrected chi connectivity index (χ4v) is 2.89. The highest BCUT2D eigenvalue weighted by Crippen LogP contribution is 2.34. The molecular weight excluding hydrogens is 266 g/mol. The first-order chi connectivity index (χ1) is 8.67. The number of ether oxygens (including phenoxy) is 1. The average molecular weight is 279 g/mol. The summed E-state index contributed by atoms with van der Waals surface area (Å²) < 4.78 is 4.77. The topological polar surface area (TPSA) is 52.3 Å². The Kier molecular flexibility index (Phi) is 3.93. The van der Waals surface area contributed by atoms with E-state index in [4.69, 9.17) is 10.5 Å². The summed E-state index contributed by atoms with van der Waals surface area (Å²) in [5, 5.41) is 2.38. The molecular formula is C13H13NO2S2. The molecule has 0 saturated heterocycles. The lowest BCUT2D eigenvalue weighted by Gasteiger charge is -2.04. The molecule has 0 unspecified atom stereocenters. The Morgan fingerprint density at radius 2 is 2.00 bits per heavy atom. The maximum absolute atomic E-state index is 11.7. The summed E-state index contributed by atoms with van der Waals surface area (Å²) in [5.41, 5.74) is 8.09. The van der Waals surface area contributed by atoms with Crippen molar-refractivity contribution in [3.05, 3.63) is 35.2 Å². The normalized spacial score (nSPS) is 10.3. The zero-order valence-corrected chi connectivity index (χ0v) is 11.7. The zero-order valence-electron chi connectivity index (χ0n) is 10.1. The lowest BCUT2D eigenvalue weighted by Crippen LogP contribution is -2.04. The summed E-state index contributed by atoms with van der Waals surface area (Å²) in [5.74, 6) is -0.391. The number of nitrogen functional groups attached to an aromatic ring is 1. The minimum atomic E-state index is -0.391. The molecule has 5 heteroatoms. The summed E-state index contributed by atoms with van der Waals surface area (Å²) in [6.07, 6.45) is 2.03. The number of benzene rings is 1. The van der Waals surface area contributed by atoms with Crippen molar-refractivity contribution in [2.45, 2.75) is 4.90 Å². The Balaban J connectivity index is 2.47. The molecule has 1 heterocycles. The number of thiophene rings is 1. The van der Waals surface area contributed by atoms with Crippen LogP contribution in [0.25, 0.3) is 11.1 Å². The summed E-state index contributed by atoms with van der Waals surface area (Å²) in [6.45, 7) is 0. The highest BCUT2D eigenvalue weighted by molar-refractivity contribution is 7.98. The first-order valence-corrected chi connectivity index (χ1v) is 7.37. The third kappa shape index (κ3) is 2.37. The number of hydrogen-bond acceptors (Lipinski definition) is 5. The first-order valence-electron chi connectivity index (χ1n) is 5.27. The molecule has 0 atom stereocenters. The van der Waals surface area contributed by atoms with Crippen molar-refractivity contribution >= 4 is 34.1 Å². The van der Waals surface area contributed by atoms with Crippen molar-refractivity contribution in [3.8, 4) is 11.1 Å². The van der Waals surface area contributed by atoms with Crippen LogP contribution in [0.15, 0.2) is 34.5 Å². The van der Waals surface area contributed by atoms with Crippen molar-refractivity contribution < 1.29 is 9.53 Å². The van der Waals surface area contributed by atoms with Gasteiger partial charge in [-0.1, -0.05) is 12.1 Å². The van der Waals surface area contributed by atoms with Crippen LogP contribution >= 0.6 is 23.1 Å². The number of esters is 1. The number of thioether (sulfide) groups is 1. The van der Waals surface area contributed by atoms with Crippen molar-refractivity contribution in [1.82, 2.24) is 0 Å². The van der Waals surface area contributed by atoms with Gasteiger partial charge in [0.2, 0.25) is 0 Å². The minimum Gasteiger partial charge on any atom is -0.465 e. The maximum Gasteiger partial charge on any atom is 0.341 e. The predicted octanol–water partition coefficient (Wildman–Crippen LogP) is 3.51. The fourth-order valence-electron chi connectivity index (χ4n) is 1.67. The van der Waals surface area contributed by atoms with Crippen LogP contribution in [-0.4, -0.2) is 19.3 Å². The number of methoxy groups -OCH3 is 1. The van der Waals surface area contributed by atoms with Gasteiger partial charge in [0.15, 0.2) is 0 Å². The SMILES string of the molecule is COC(=O)c1c(-c2ccc(SC)cc2)csc1N. The van der Waals surface area contributed by atoms with E-state index in [9.17, 15) is 4.79 Å². The summed E-state index contributed by atoms with van der Waals surface area (Å²) in [6, 6.07) is 8.02. The average Bonchev–Trinajstić information content (AvgIpc) is 2.80. The van der Waals surface area contributed by atoms with Gasteiger partial charge in [-0.05, 0) is 24.0 Å². The summed E-state index contributed by atoms with van der Waals surface area (Å²) in [4.78, 5) is 12.9. The molecule has 18 heavy (non-hydrogen) atoms. The molecule has 0 amide bonds. The van der Waals surface area contributed by atoms with E-state index in [0.29, 0.717) is 10.6 Å². The third-order valence-corrected chi connectivity index (χ3v) is 4.17. The molecule has 0 aliphatic heterocycles. The molecule has 2 rings (SSSR count). The highest BCUT2D eigenvalue weighted by atomic mass is 32.2. The number of carbonyl (C=O) groups is 1.